The standard InChI is InChI=1S/C20H23NO2/c1-23-19-9-5-6-16(14-19)15-21-12-10-18(11-13-21)20(22)17-7-3-2-4-8-17/h2-9,14,18H,10-13,15H2,1H3. The number of carbonyl (C=O) groups excluding carboxylic acids is 1. The lowest BCUT2D eigenvalue weighted by molar-refractivity contribution is 0.0835. The number of rotatable bonds is 5. The Kier molecular flexibility index (Phi) is 5.09. The molecule has 0 spiro atoms. The third-order valence-electron chi connectivity index (χ3n) is 4.56. The van der Waals surface area contributed by atoms with E-state index in [1.807, 2.05) is 42.5 Å². The minimum atomic E-state index is 0.166. The van der Waals surface area contributed by atoms with Gasteiger partial charge in [-0.2, -0.15) is 0 Å². The van der Waals surface area contributed by atoms with Gasteiger partial charge in [-0.05, 0) is 43.6 Å². The van der Waals surface area contributed by atoms with Gasteiger partial charge in [-0.1, -0.05) is 42.5 Å². The number of benzene rings is 2. The van der Waals surface area contributed by atoms with E-state index in [1.165, 1.54) is 5.56 Å². The molecule has 0 radical (unpaired) electrons. The predicted molar refractivity (Wildman–Crippen MR) is 91.8 cm³/mol. The molecule has 0 aromatic heterocycles. The SMILES string of the molecule is COc1cccc(CN2CCC(C(=O)c3ccccc3)CC2)c1. The lowest BCUT2D eigenvalue weighted by Gasteiger charge is -2.31. The van der Waals surface area contributed by atoms with Crippen molar-refractivity contribution in [3.63, 3.8) is 0 Å². The highest BCUT2D eigenvalue weighted by atomic mass is 16.5. The average molecular weight is 309 g/mol. The van der Waals surface area contributed by atoms with Crippen LogP contribution in [0.4, 0.5) is 0 Å². The van der Waals surface area contributed by atoms with Crippen molar-refractivity contribution in [2.75, 3.05) is 20.2 Å². The number of hydrogen-bond donors (Lipinski definition) is 0. The molecule has 1 fully saturated rings. The molecule has 0 aliphatic carbocycles. The zero-order valence-corrected chi connectivity index (χ0v) is 13.6. The predicted octanol–water partition coefficient (Wildman–Crippen LogP) is 3.79. The molecule has 1 aliphatic rings. The van der Waals surface area contributed by atoms with Crippen LogP contribution in [0.3, 0.4) is 0 Å². The van der Waals surface area contributed by atoms with E-state index in [2.05, 4.69) is 17.0 Å². The molecule has 1 heterocycles. The van der Waals surface area contributed by atoms with Crippen LogP contribution in [0.2, 0.25) is 0 Å². The van der Waals surface area contributed by atoms with Crippen LogP contribution in [0, 0.1) is 5.92 Å². The maximum absolute atomic E-state index is 12.5. The first-order valence-electron chi connectivity index (χ1n) is 8.21. The summed E-state index contributed by atoms with van der Waals surface area (Å²) in [7, 11) is 1.69. The van der Waals surface area contributed by atoms with Crippen LogP contribution < -0.4 is 4.74 Å². The molecule has 0 saturated carbocycles. The van der Waals surface area contributed by atoms with Gasteiger partial charge < -0.3 is 4.74 Å². The van der Waals surface area contributed by atoms with E-state index in [0.29, 0.717) is 5.78 Å². The Hall–Kier alpha value is -2.13. The maximum atomic E-state index is 12.5. The van der Waals surface area contributed by atoms with Gasteiger partial charge in [0.25, 0.3) is 0 Å². The fraction of sp³-hybridized carbons (Fsp3) is 0.350. The normalized spacial score (nSPS) is 16.2. The number of ketones is 1. The van der Waals surface area contributed by atoms with Gasteiger partial charge in [-0.3, -0.25) is 9.69 Å². The van der Waals surface area contributed by atoms with Crippen LogP contribution in [0.15, 0.2) is 54.6 Å². The Bertz CT molecular complexity index is 646. The highest BCUT2D eigenvalue weighted by Crippen LogP contribution is 2.23. The molecular weight excluding hydrogens is 286 g/mol. The van der Waals surface area contributed by atoms with Crippen LogP contribution in [-0.4, -0.2) is 30.9 Å². The summed E-state index contributed by atoms with van der Waals surface area (Å²) in [6, 6.07) is 17.9. The monoisotopic (exact) mass is 309 g/mol. The maximum Gasteiger partial charge on any atom is 0.166 e. The number of carbonyl (C=O) groups is 1. The zero-order chi connectivity index (χ0) is 16.1. The molecule has 0 unspecified atom stereocenters. The summed E-state index contributed by atoms with van der Waals surface area (Å²) in [6.07, 6.45) is 1.88. The molecule has 3 rings (SSSR count). The van der Waals surface area contributed by atoms with Gasteiger partial charge in [-0.15, -0.1) is 0 Å². The van der Waals surface area contributed by atoms with Crippen LogP contribution in [0.25, 0.3) is 0 Å². The molecule has 0 bridgehead atoms. The van der Waals surface area contributed by atoms with Crippen LogP contribution in [0.5, 0.6) is 5.75 Å². The summed E-state index contributed by atoms with van der Waals surface area (Å²) in [5, 5.41) is 0. The van der Waals surface area contributed by atoms with E-state index in [0.717, 1.165) is 43.8 Å². The van der Waals surface area contributed by atoms with Gasteiger partial charge in [0.15, 0.2) is 5.78 Å². The Morgan fingerprint density at radius 1 is 1.09 bits per heavy atom. The Morgan fingerprint density at radius 2 is 1.83 bits per heavy atom. The summed E-state index contributed by atoms with van der Waals surface area (Å²) >= 11 is 0. The van der Waals surface area contributed by atoms with E-state index in [-0.39, 0.29) is 5.92 Å². The molecule has 0 atom stereocenters. The molecule has 0 amide bonds. The van der Waals surface area contributed by atoms with E-state index >= 15 is 0 Å². The smallest absolute Gasteiger partial charge is 0.166 e. The minimum absolute atomic E-state index is 0.166. The second kappa shape index (κ2) is 7.42. The van der Waals surface area contributed by atoms with Crippen molar-refractivity contribution in [2.24, 2.45) is 5.92 Å². The fourth-order valence-corrected chi connectivity index (χ4v) is 3.22. The van der Waals surface area contributed by atoms with E-state index in [1.54, 1.807) is 7.11 Å². The zero-order valence-electron chi connectivity index (χ0n) is 13.6. The highest BCUT2D eigenvalue weighted by molar-refractivity contribution is 5.97. The highest BCUT2D eigenvalue weighted by Gasteiger charge is 2.25. The van der Waals surface area contributed by atoms with Crippen LogP contribution >= 0.6 is 0 Å². The van der Waals surface area contributed by atoms with Crippen molar-refractivity contribution >= 4 is 5.78 Å². The molecule has 1 aliphatic heterocycles. The molecular formula is C20H23NO2. The number of methoxy groups -OCH3 is 1. The third-order valence-corrected chi connectivity index (χ3v) is 4.56. The number of Topliss-reactive ketones (excluding diaryl/α,β-unsaturated/α-hetero) is 1. The quantitative estimate of drug-likeness (QED) is 0.787. The van der Waals surface area contributed by atoms with Gasteiger partial charge in [-0.25, -0.2) is 0 Å². The first-order chi connectivity index (χ1) is 11.3. The van der Waals surface area contributed by atoms with Crippen molar-refractivity contribution < 1.29 is 9.53 Å². The second-order valence-electron chi connectivity index (χ2n) is 6.13. The first kappa shape index (κ1) is 15.8. The summed E-state index contributed by atoms with van der Waals surface area (Å²) in [4.78, 5) is 14.9. The number of ether oxygens (including phenoxy) is 1. The molecule has 3 nitrogen and oxygen atoms in total. The molecule has 120 valence electrons. The van der Waals surface area contributed by atoms with Gasteiger partial charge >= 0.3 is 0 Å². The first-order valence-corrected chi connectivity index (χ1v) is 8.21. The summed E-state index contributed by atoms with van der Waals surface area (Å²) in [6.45, 7) is 2.87. The number of hydrogen-bond acceptors (Lipinski definition) is 3. The van der Waals surface area contributed by atoms with E-state index in [4.69, 9.17) is 4.74 Å². The molecule has 0 N–H and O–H groups in total. The second-order valence-corrected chi connectivity index (χ2v) is 6.13. The van der Waals surface area contributed by atoms with Crippen molar-refractivity contribution in [3.8, 4) is 5.75 Å². The van der Waals surface area contributed by atoms with Gasteiger partial charge in [0.2, 0.25) is 0 Å². The molecule has 23 heavy (non-hydrogen) atoms. The van der Waals surface area contributed by atoms with Crippen molar-refractivity contribution in [3.05, 3.63) is 65.7 Å². The van der Waals surface area contributed by atoms with Gasteiger partial charge in [0.05, 0.1) is 7.11 Å². The Labute approximate surface area is 137 Å². The number of likely N-dealkylation sites (tertiary alicyclic amines) is 1. The Balaban J connectivity index is 1.55. The number of piperidine rings is 1. The molecule has 2 aromatic carbocycles. The third kappa shape index (κ3) is 3.99. The van der Waals surface area contributed by atoms with Crippen molar-refractivity contribution in [1.29, 1.82) is 0 Å². The molecule has 2 aromatic rings. The molecule has 1 saturated heterocycles. The van der Waals surface area contributed by atoms with Crippen molar-refractivity contribution in [1.82, 2.24) is 4.90 Å². The fourth-order valence-electron chi connectivity index (χ4n) is 3.22. The summed E-state index contributed by atoms with van der Waals surface area (Å²) in [5.74, 6) is 1.36. The average Bonchev–Trinajstić information content (AvgIpc) is 2.63. The van der Waals surface area contributed by atoms with Crippen molar-refractivity contribution in [2.45, 2.75) is 19.4 Å². The van der Waals surface area contributed by atoms with Crippen LogP contribution in [-0.2, 0) is 6.54 Å². The van der Waals surface area contributed by atoms with E-state index < -0.39 is 0 Å². The number of nitrogens with zero attached hydrogens (tertiary/aromatic N) is 1. The largest absolute Gasteiger partial charge is 0.497 e. The van der Waals surface area contributed by atoms with Gasteiger partial charge in [0, 0.05) is 18.0 Å². The lowest BCUT2D eigenvalue weighted by atomic mass is 9.89. The van der Waals surface area contributed by atoms with Crippen LogP contribution in [0.1, 0.15) is 28.8 Å². The summed E-state index contributed by atoms with van der Waals surface area (Å²) < 4.78 is 5.28. The topological polar surface area (TPSA) is 29.5 Å². The minimum Gasteiger partial charge on any atom is -0.497 e. The lowest BCUT2D eigenvalue weighted by Crippen LogP contribution is -2.35. The summed E-state index contributed by atoms with van der Waals surface area (Å²) in [5.41, 5.74) is 2.11. The van der Waals surface area contributed by atoms with E-state index in [9.17, 15) is 4.79 Å². The molecule has 3 heteroatoms. The Morgan fingerprint density at radius 3 is 2.52 bits per heavy atom. The van der Waals surface area contributed by atoms with Gasteiger partial charge in [0.1, 0.15) is 5.75 Å².